The van der Waals surface area contributed by atoms with E-state index in [0.29, 0.717) is 17.2 Å². The van der Waals surface area contributed by atoms with Crippen molar-refractivity contribution >= 4 is 16.9 Å². The number of carbonyl (C=O) groups excluding carboxylic acids is 1. The first-order valence-electron chi connectivity index (χ1n) is 11.1. The van der Waals surface area contributed by atoms with E-state index in [1.165, 1.54) is 37.7 Å². The topological polar surface area (TPSA) is 39.2 Å². The van der Waals surface area contributed by atoms with Gasteiger partial charge in [0.25, 0.3) is 0 Å². The van der Waals surface area contributed by atoms with Crippen LogP contribution in [0.15, 0.2) is 84.9 Å². The first kappa shape index (κ1) is 19.5. The van der Waals surface area contributed by atoms with Crippen molar-refractivity contribution in [3.8, 4) is 17.0 Å². The number of benzene rings is 3. The molecule has 0 amide bonds. The summed E-state index contributed by atoms with van der Waals surface area (Å²) in [4.78, 5) is 17.9. The number of nitrogens with zero attached hydrogens (tertiary/aromatic N) is 1. The summed E-state index contributed by atoms with van der Waals surface area (Å²) in [7, 11) is 0. The quantitative estimate of drug-likeness (QED) is 0.266. The van der Waals surface area contributed by atoms with Crippen molar-refractivity contribution in [2.24, 2.45) is 0 Å². The van der Waals surface area contributed by atoms with Gasteiger partial charge >= 0.3 is 5.97 Å². The molecule has 1 aliphatic carbocycles. The molecule has 3 nitrogen and oxygen atoms in total. The number of esters is 1. The molecule has 1 saturated carbocycles. The molecule has 5 rings (SSSR count). The maximum absolute atomic E-state index is 13.1. The zero-order valence-corrected chi connectivity index (χ0v) is 17.5. The molecule has 31 heavy (non-hydrogen) atoms. The zero-order chi connectivity index (χ0) is 21.0. The van der Waals surface area contributed by atoms with Crippen LogP contribution in [-0.2, 0) is 0 Å². The molecule has 1 aromatic heterocycles. The highest BCUT2D eigenvalue weighted by Gasteiger charge is 2.18. The Bertz CT molecular complexity index is 1190. The third-order valence-electron chi connectivity index (χ3n) is 6.17. The van der Waals surface area contributed by atoms with Gasteiger partial charge in [-0.1, -0.05) is 79.9 Å². The minimum absolute atomic E-state index is 0.360. The molecule has 154 valence electrons. The van der Waals surface area contributed by atoms with Crippen LogP contribution in [0.2, 0.25) is 0 Å². The molecule has 0 atom stereocenters. The van der Waals surface area contributed by atoms with Gasteiger partial charge in [-0.2, -0.15) is 0 Å². The molecule has 1 heterocycles. The van der Waals surface area contributed by atoms with Crippen LogP contribution >= 0.6 is 0 Å². The summed E-state index contributed by atoms with van der Waals surface area (Å²) in [5.74, 6) is 0.851. The van der Waals surface area contributed by atoms with E-state index in [2.05, 4.69) is 12.1 Å². The summed E-state index contributed by atoms with van der Waals surface area (Å²) < 4.78 is 5.78. The fourth-order valence-electron chi connectivity index (χ4n) is 4.51. The van der Waals surface area contributed by atoms with Gasteiger partial charge in [0.1, 0.15) is 5.75 Å². The third-order valence-corrected chi connectivity index (χ3v) is 6.17. The second-order valence-electron chi connectivity index (χ2n) is 8.23. The number of pyridine rings is 1. The van der Waals surface area contributed by atoms with Crippen molar-refractivity contribution in [2.75, 3.05) is 0 Å². The first-order chi connectivity index (χ1) is 15.3. The minimum atomic E-state index is -0.360. The van der Waals surface area contributed by atoms with Gasteiger partial charge in [-0.05, 0) is 48.6 Å². The molecule has 0 aliphatic heterocycles. The molecular formula is C28H25NO2. The fourth-order valence-corrected chi connectivity index (χ4v) is 4.51. The summed E-state index contributed by atoms with van der Waals surface area (Å²) in [6.45, 7) is 0. The highest BCUT2D eigenvalue weighted by Crippen LogP contribution is 2.33. The van der Waals surface area contributed by atoms with Crippen LogP contribution in [0.25, 0.3) is 22.2 Å². The molecule has 3 aromatic carbocycles. The van der Waals surface area contributed by atoms with Crippen LogP contribution in [-0.4, -0.2) is 11.0 Å². The van der Waals surface area contributed by atoms with Gasteiger partial charge in [0.2, 0.25) is 0 Å². The zero-order valence-electron chi connectivity index (χ0n) is 17.5. The van der Waals surface area contributed by atoms with Crippen molar-refractivity contribution in [2.45, 2.75) is 38.0 Å². The summed E-state index contributed by atoms with van der Waals surface area (Å²) >= 11 is 0. The lowest BCUT2D eigenvalue weighted by molar-refractivity contribution is 0.0736. The SMILES string of the molecule is O=C(Oc1ccc(C2CCCCC2)cc1)c1cc(-c2ccccc2)nc2ccccc12. The van der Waals surface area contributed by atoms with E-state index in [4.69, 9.17) is 9.72 Å². The van der Waals surface area contributed by atoms with Crippen molar-refractivity contribution in [3.63, 3.8) is 0 Å². The monoisotopic (exact) mass is 407 g/mol. The predicted molar refractivity (Wildman–Crippen MR) is 124 cm³/mol. The number of carbonyl (C=O) groups is 1. The number of ether oxygens (including phenoxy) is 1. The number of hydrogen-bond acceptors (Lipinski definition) is 3. The lowest BCUT2D eigenvalue weighted by Gasteiger charge is -2.22. The number of hydrogen-bond donors (Lipinski definition) is 0. The largest absolute Gasteiger partial charge is 0.423 e. The van der Waals surface area contributed by atoms with Crippen LogP contribution in [0, 0.1) is 0 Å². The van der Waals surface area contributed by atoms with E-state index in [1.54, 1.807) is 0 Å². The Balaban J connectivity index is 1.44. The van der Waals surface area contributed by atoms with Crippen LogP contribution in [0.4, 0.5) is 0 Å². The molecule has 0 spiro atoms. The fraction of sp³-hybridized carbons (Fsp3) is 0.214. The number of aromatic nitrogens is 1. The van der Waals surface area contributed by atoms with E-state index in [0.717, 1.165) is 22.2 Å². The van der Waals surface area contributed by atoms with Crippen molar-refractivity contribution in [1.82, 2.24) is 4.98 Å². The Hall–Kier alpha value is -3.46. The number of para-hydroxylation sites is 1. The van der Waals surface area contributed by atoms with E-state index >= 15 is 0 Å². The maximum atomic E-state index is 13.1. The highest BCUT2D eigenvalue weighted by atomic mass is 16.5. The average Bonchev–Trinajstić information content (AvgIpc) is 2.85. The molecule has 0 unspecified atom stereocenters. The lowest BCUT2D eigenvalue weighted by atomic mass is 9.84. The van der Waals surface area contributed by atoms with Crippen molar-refractivity contribution < 1.29 is 9.53 Å². The second-order valence-corrected chi connectivity index (χ2v) is 8.23. The lowest BCUT2D eigenvalue weighted by Crippen LogP contribution is -2.10. The van der Waals surface area contributed by atoms with Crippen molar-refractivity contribution in [3.05, 3.63) is 96.1 Å². The highest BCUT2D eigenvalue weighted by molar-refractivity contribution is 6.05. The van der Waals surface area contributed by atoms with Gasteiger partial charge in [-0.3, -0.25) is 0 Å². The van der Waals surface area contributed by atoms with Crippen molar-refractivity contribution in [1.29, 1.82) is 0 Å². The van der Waals surface area contributed by atoms with E-state index < -0.39 is 0 Å². The van der Waals surface area contributed by atoms with Gasteiger partial charge in [-0.15, -0.1) is 0 Å². The van der Waals surface area contributed by atoms with Gasteiger partial charge in [0.05, 0.1) is 16.8 Å². The predicted octanol–water partition coefficient (Wildman–Crippen LogP) is 7.17. The summed E-state index contributed by atoms with van der Waals surface area (Å²) in [5.41, 5.74) is 4.39. The Morgan fingerprint density at radius 1 is 0.806 bits per heavy atom. The Kier molecular flexibility index (Phi) is 5.49. The maximum Gasteiger partial charge on any atom is 0.344 e. The molecule has 4 aromatic rings. The summed E-state index contributed by atoms with van der Waals surface area (Å²) in [6.07, 6.45) is 6.46. The van der Waals surface area contributed by atoms with Crippen LogP contribution in [0.3, 0.4) is 0 Å². The molecule has 1 aliphatic rings. The summed E-state index contributed by atoms with van der Waals surface area (Å²) in [6, 6.07) is 27.5. The molecule has 0 bridgehead atoms. The Labute approximate surface area is 182 Å². The second kappa shape index (κ2) is 8.73. The summed E-state index contributed by atoms with van der Waals surface area (Å²) in [5, 5.41) is 0.797. The minimum Gasteiger partial charge on any atom is -0.423 e. The average molecular weight is 408 g/mol. The smallest absolute Gasteiger partial charge is 0.344 e. The van der Waals surface area contributed by atoms with Gasteiger partial charge in [-0.25, -0.2) is 9.78 Å². The number of rotatable bonds is 4. The standard InChI is InChI=1S/C28H25NO2/c30-28(31-23-17-15-21(16-18-23)20-9-3-1-4-10-20)25-19-27(22-11-5-2-6-12-22)29-26-14-8-7-13-24(25)26/h2,5-8,11-20H,1,3-4,9-10H2. The van der Waals surface area contributed by atoms with Gasteiger partial charge in [0, 0.05) is 10.9 Å². The molecule has 0 saturated heterocycles. The molecule has 3 heteroatoms. The number of fused-ring (bicyclic) bond motifs is 1. The van der Waals surface area contributed by atoms with Gasteiger partial charge in [0.15, 0.2) is 0 Å². The van der Waals surface area contributed by atoms with E-state index in [1.807, 2.05) is 72.8 Å². The molecule has 0 N–H and O–H groups in total. The van der Waals surface area contributed by atoms with Crippen LogP contribution in [0.1, 0.15) is 53.9 Å². The van der Waals surface area contributed by atoms with E-state index in [9.17, 15) is 4.79 Å². The molecule has 1 fully saturated rings. The van der Waals surface area contributed by atoms with Gasteiger partial charge < -0.3 is 4.74 Å². The van der Waals surface area contributed by atoms with E-state index in [-0.39, 0.29) is 5.97 Å². The third kappa shape index (κ3) is 4.22. The normalized spacial score (nSPS) is 14.5. The van der Waals surface area contributed by atoms with Crippen LogP contribution in [0.5, 0.6) is 5.75 Å². The molecular weight excluding hydrogens is 382 g/mol. The Morgan fingerprint density at radius 2 is 1.52 bits per heavy atom. The Morgan fingerprint density at radius 3 is 2.29 bits per heavy atom. The first-order valence-corrected chi connectivity index (χ1v) is 11.1. The molecule has 0 radical (unpaired) electrons. The van der Waals surface area contributed by atoms with Crippen LogP contribution < -0.4 is 4.74 Å².